The number of aliphatic hydroxyl groups excluding tert-OH is 1. The Labute approximate surface area is 98.8 Å². The van der Waals surface area contributed by atoms with Gasteiger partial charge in [0.2, 0.25) is 0 Å². The Balaban J connectivity index is 2.48. The quantitative estimate of drug-likeness (QED) is 0.818. The lowest BCUT2D eigenvalue weighted by Gasteiger charge is -2.28. The first-order valence-electron chi connectivity index (χ1n) is 5.25. The first kappa shape index (κ1) is 11.1. The maximum absolute atomic E-state index is 9.17. The molecule has 1 atom stereocenters. The van der Waals surface area contributed by atoms with E-state index in [-0.39, 0.29) is 12.6 Å². The Bertz CT molecular complexity index is 390. The van der Waals surface area contributed by atoms with Crippen LogP contribution < -0.4 is 5.32 Å². The lowest BCUT2D eigenvalue weighted by Crippen LogP contribution is -2.39. The largest absolute Gasteiger partial charge is 0.395 e. The van der Waals surface area contributed by atoms with Gasteiger partial charge in [-0.3, -0.25) is 0 Å². The zero-order valence-corrected chi connectivity index (χ0v) is 10.7. The number of aliphatic hydroxyl groups is 1. The third kappa shape index (κ3) is 1.96. The summed E-state index contributed by atoms with van der Waals surface area (Å²) in [6.07, 6.45) is 0.929. The normalized spacial score (nSPS) is 20.1. The highest BCUT2D eigenvalue weighted by Gasteiger charge is 2.21. The summed E-state index contributed by atoms with van der Waals surface area (Å²) in [5.41, 5.74) is 5.45. The summed E-state index contributed by atoms with van der Waals surface area (Å²) < 4.78 is 1.18. The van der Waals surface area contributed by atoms with Gasteiger partial charge >= 0.3 is 0 Å². The van der Waals surface area contributed by atoms with E-state index in [4.69, 9.17) is 0 Å². The molecule has 0 aliphatic carbocycles. The topological polar surface area (TPSA) is 32.3 Å². The molecule has 2 nitrogen and oxygen atoms in total. The zero-order valence-electron chi connectivity index (χ0n) is 9.10. The van der Waals surface area contributed by atoms with E-state index >= 15 is 0 Å². The van der Waals surface area contributed by atoms with Crippen LogP contribution in [0.15, 0.2) is 10.5 Å². The molecule has 2 N–H and O–H groups in total. The van der Waals surface area contributed by atoms with E-state index in [2.05, 4.69) is 41.2 Å². The van der Waals surface area contributed by atoms with Crippen LogP contribution >= 0.6 is 15.9 Å². The van der Waals surface area contributed by atoms with Gasteiger partial charge in [-0.2, -0.15) is 0 Å². The van der Waals surface area contributed by atoms with Crippen LogP contribution in [0.5, 0.6) is 0 Å². The molecule has 1 aliphatic rings. The van der Waals surface area contributed by atoms with Crippen LogP contribution in [0, 0.1) is 13.8 Å². The van der Waals surface area contributed by atoms with Crippen LogP contribution in [0.3, 0.4) is 0 Å². The number of nitrogens with one attached hydrogen (secondary N) is 1. The Morgan fingerprint density at radius 3 is 2.87 bits per heavy atom. The second-order valence-corrected chi connectivity index (χ2v) is 5.08. The number of aryl methyl sites for hydroxylation is 1. The van der Waals surface area contributed by atoms with E-state index in [0.717, 1.165) is 13.0 Å². The smallest absolute Gasteiger partial charge is 0.0587 e. The lowest BCUT2D eigenvalue weighted by molar-refractivity contribution is 0.235. The molecule has 0 amide bonds. The van der Waals surface area contributed by atoms with Gasteiger partial charge in [-0.15, -0.1) is 0 Å². The molecule has 1 unspecified atom stereocenters. The molecule has 0 radical (unpaired) electrons. The van der Waals surface area contributed by atoms with Gasteiger partial charge in [-0.05, 0) is 48.6 Å². The van der Waals surface area contributed by atoms with Crippen LogP contribution in [0.25, 0.3) is 0 Å². The van der Waals surface area contributed by atoms with E-state index in [9.17, 15) is 5.11 Å². The van der Waals surface area contributed by atoms with Crippen molar-refractivity contribution in [2.45, 2.75) is 32.9 Å². The molecular formula is C12H16BrNO. The van der Waals surface area contributed by atoms with Crippen molar-refractivity contribution in [3.63, 3.8) is 0 Å². The maximum atomic E-state index is 9.17. The standard InChI is InChI=1S/C12H16BrNO/c1-7-3-12(13)8(2)10-4-9(6-15)14-5-11(7)10/h3,9,14-15H,4-6H2,1-2H3. The lowest BCUT2D eigenvalue weighted by atomic mass is 9.89. The molecule has 0 bridgehead atoms. The monoisotopic (exact) mass is 269 g/mol. The van der Waals surface area contributed by atoms with E-state index in [1.807, 2.05) is 0 Å². The van der Waals surface area contributed by atoms with Crippen LogP contribution in [-0.2, 0) is 13.0 Å². The predicted molar refractivity (Wildman–Crippen MR) is 65.0 cm³/mol. The fourth-order valence-electron chi connectivity index (χ4n) is 2.21. The van der Waals surface area contributed by atoms with Gasteiger partial charge in [0, 0.05) is 17.1 Å². The summed E-state index contributed by atoms with van der Waals surface area (Å²) in [6.45, 7) is 5.37. The molecule has 2 rings (SSSR count). The second-order valence-electron chi connectivity index (χ2n) is 4.22. The molecule has 0 aromatic heterocycles. The van der Waals surface area contributed by atoms with E-state index in [1.54, 1.807) is 0 Å². The summed E-state index contributed by atoms with van der Waals surface area (Å²) in [4.78, 5) is 0. The fraction of sp³-hybridized carbons (Fsp3) is 0.500. The van der Waals surface area contributed by atoms with E-state index < -0.39 is 0 Å². The second kappa shape index (κ2) is 4.24. The molecule has 0 spiro atoms. The number of hydrogen-bond acceptors (Lipinski definition) is 2. The predicted octanol–water partition coefficient (Wildman–Crippen LogP) is 2.07. The SMILES string of the molecule is Cc1cc(Br)c(C)c2c1CNC(CO)C2. The minimum absolute atomic E-state index is 0.213. The van der Waals surface area contributed by atoms with Gasteiger partial charge in [0.15, 0.2) is 0 Å². The average molecular weight is 270 g/mol. The van der Waals surface area contributed by atoms with Gasteiger partial charge in [0.25, 0.3) is 0 Å². The fourth-order valence-corrected chi connectivity index (χ4v) is 2.79. The first-order chi connectivity index (χ1) is 7.13. The Morgan fingerprint density at radius 2 is 2.20 bits per heavy atom. The van der Waals surface area contributed by atoms with Gasteiger partial charge in [0.05, 0.1) is 6.61 Å². The van der Waals surface area contributed by atoms with Crippen molar-refractivity contribution in [1.82, 2.24) is 5.32 Å². The van der Waals surface area contributed by atoms with Crippen molar-refractivity contribution in [2.75, 3.05) is 6.61 Å². The molecule has 82 valence electrons. The third-order valence-electron chi connectivity index (χ3n) is 3.23. The molecule has 1 aromatic rings. The first-order valence-corrected chi connectivity index (χ1v) is 6.04. The highest BCUT2D eigenvalue weighted by atomic mass is 79.9. The summed E-state index contributed by atoms with van der Waals surface area (Å²) in [6, 6.07) is 2.39. The summed E-state index contributed by atoms with van der Waals surface area (Å²) in [7, 11) is 0. The van der Waals surface area contributed by atoms with Crippen LogP contribution in [0.4, 0.5) is 0 Å². The number of fused-ring (bicyclic) bond motifs is 1. The van der Waals surface area contributed by atoms with Crippen molar-refractivity contribution < 1.29 is 5.11 Å². The summed E-state index contributed by atoms with van der Waals surface area (Å²) in [5, 5.41) is 12.5. The highest BCUT2D eigenvalue weighted by Crippen LogP contribution is 2.29. The maximum Gasteiger partial charge on any atom is 0.0587 e. The average Bonchev–Trinajstić information content (AvgIpc) is 2.25. The van der Waals surface area contributed by atoms with Crippen LogP contribution in [-0.4, -0.2) is 17.8 Å². The molecular weight excluding hydrogens is 254 g/mol. The molecule has 3 heteroatoms. The Hall–Kier alpha value is -0.380. The van der Waals surface area contributed by atoms with Crippen LogP contribution in [0.2, 0.25) is 0 Å². The van der Waals surface area contributed by atoms with Gasteiger partial charge in [-0.25, -0.2) is 0 Å². The number of benzene rings is 1. The molecule has 15 heavy (non-hydrogen) atoms. The number of rotatable bonds is 1. The van der Waals surface area contributed by atoms with Crippen molar-refractivity contribution in [1.29, 1.82) is 0 Å². The number of halogens is 1. The van der Waals surface area contributed by atoms with E-state index in [1.165, 1.54) is 26.7 Å². The van der Waals surface area contributed by atoms with Crippen molar-refractivity contribution >= 4 is 15.9 Å². The molecule has 1 aliphatic heterocycles. The van der Waals surface area contributed by atoms with Crippen molar-refractivity contribution in [2.24, 2.45) is 0 Å². The molecule has 0 saturated carbocycles. The van der Waals surface area contributed by atoms with Gasteiger partial charge in [0.1, 0.15) is 0 Å². The van der Waals surface area contributed by atoms with Gasteiger partial charge < -0.3 is 10.4 Å². The molecule has 0 saturated heterocycles. The minimum Gasteiger partial charge on any atom is -0.395 e. The molecule has 1 aromatic carbocycles. The minimum atomic E-state index is 0.213. The molecule has 0 fully saturated rings. The Kier molecular flexibility index (Phi) is 3.14. The van der Waals surface area contributed by atoms with E-state index in [0.29, 0.717) is 0 Å². The van der Waals surface area contributed by atoms with Crippen molar-refractivity contribution in [3.05, 3.63) is 32.8 Å². The summed E-state index contributed by atoms with van der Waals surface area (Å²) >= 11 is 3.58. The Morgan fingerprint density at radius 1 is 1.47 bits per heavy atom. The van der Waals surface area contributed by atoms with Crippen molar-refractivity contribution in [3.8, 4) is 0 Å². The van der Waals surface area contributed by atoms with Gasteiger partial charge in [-0.1, -0.05) is 15.9 Å². The van der Waals surface area contributed by atoms with Crippen LogP contribution in [0.1, 0.15) is 22.3 Å². The third-order valence-corrected chi connectivity index (χ3v) is 4.06. The molecule has 1 heterocycles. The zero-order chi connectivity index (χ0) is 11.0. The highest BCUT2D eigenvalue weighted by molar-refractivity contribution is 9.10. The summed E-state index contributed by atoms with van der Waals surface area (Å²) in [5.74, 6) is 0. The number of hydrogen-bond donors (Lipinski definition) is 2.